The maximum Gasteiger partial charge on any atom is 0.140 e. The summed E-state index contributed by atoms with van der Waals surface area (Å²) in [7, 11) is 0. The molecule has 0 saturated heterocycles. The van der Waals surface area contributed by atoms with Crippen molar-refractivity contribution in [3.63, 3.8) is 0 Å². The fraction of sp³-hybridized carbons (Fsp3) is 0.375. The maximum absolute atomic E-state index is 12.2. The van der Waals surface area contributed by atoms with Crippen LogP contribution in [0.3, 0.4) is 0 Å². The highest BCUT2D eigenvalue weighted by atomic mass is 16.1. The molecule has 2 aromatic rings. The average Bonchev–Trinajstić information content (AvgIpc) is 2.63. The molecule has 92 valence electrons. The summed E-state index contributed by atoms with van der Waals surface area (Å²) in [6, 6.07) is 8.24. The van der Waals surface area contributed by atoms with Crippen LogP contribution in [0.15, 0.2) is 36.7 Å². The molecule has 1 fully saturated rings. The Morgan fingerprint density at radius 2 is 2.06 bits per heavy atom. The molecule has 18 heavy (non-hydrogen) atoms. The van der Waals surface area contributed by atoms with Crippen LogP contribution in [0.4, 0.5) is 0 Å². The molecule has 1 heterocycles. The largest absolute Gasteiger partial charge is 0.299 e. The second-order valence-electron chi connectivity index (χ2n) is 5.06. The molecular weight excluding hydrogens is 222 g/mol. The van der Waals surface area contributed by atoms with E-state index in [1.165, 1.54) is 17.4 Å². The van der Waals surface area contributed by atoms with Gasteiger partial charge in [-0.05, 0) is 29.9 Å². The number of carbonyl (C=O) groups excluding carboxylic acids is 1. The number of fused-ring (bicyclic) bond motifs is 1. The summed E-state index contributed by atoms with van der Waals surface area (Å²) < 4.78 is 0. The van der Waals surface area contributed by atoms with Gasteiger partial charge in [-0.2, -0.15) is 0 Å². The zero-order valence-electron chi connectivity index (χ0n) is 10.4. The van der Waals surface area contributed by atoms with Crippen LogP contribution in [0.5, 0.6) is 0 Å². The third-order valence-electron chi connectivity index (χ3n) is 3.89. The molecule has 3 rings (SSSR count). The Hall–Kier alpha value is -1.70. The van der Waals surface area contributed by atoms with Gasteiger partial charge in [0.15, 0.2) is 0 Å². The van der Waals surface area contributed by atoms with Crippen LogP contribution in [0.1, 0.15) is 43.6 Å². The second-order valence-corrected chi connectivity index (χ2v) is 5.06. The third kappa shape index (κ3) is 2.03. The fourth-order valence-electron chi connectivity index (χ4n) is 2.94. The molecule has 0 bridgehead atoms. The van der Waals surface area contributed by atoms with Crippen molar-refractivity contribution in [3.8, 4) is 0 Å². The van der Waals surface area contributed by atoms with Gasteiger partial charge in [-0.3, -0.25) is 9.78 Å². The Morgan fingerprint density at radius 1 is 1.11 bits per heavy atom. The number of carbonyl (C=O) groups is 1. The number of hydrogen-bond acceptors (Lipinski definition) is 2. The summed E-state index contributed by atoms with van der Waals surface area (Å²) >= 11 is 0. The first-order valence-corrected chi connectivity index (χ1v) is 6.71. The predicted molar refractivity (Wildman–Crippen MR) is 72.6 cm³/mol. The number of hydrogen-bond donors (Lipinski definition) is 0. The molecular formula is C16H17NO. The predicted octanol–water partition coefficient (Wildman–Crippen LogP) is 3.85. The lowest BCUT2D eigenvalue weighted by molar-refractivity contribution is -0.120. The van der Waals surface area contributed by atoms with Crippen LogP contribution in [0.2, 0.25) is 0 Å². The first-order valence-electron chi connectivity index (χ1n) is 6.71. The molecule has 0 amide bonds. The van der Waals surface area contributed by atoms with Crippen LogP contribution in [0.25, 0.3) is 10.8 Å². The quantitative estimate of drug-likeness (QED) is 0.707. The number of benzene rings is 1. The van der Waals surface area contributed by atoms with Crippen molar-refractivity contribution in [1.29, 1.82) is 0 Å². The Bertz CT molecular complexity index is 571. The van der Waals surface area contributed by atoms with E-state index in [9.17, 15) is 4.79 Å². The molecule has 1 unspecified atom stereocenters. The summed E-state index contributed by atoms with van der Waals surface area (Å²) in [5, 5.41) is 2.32. The first-order chi connectivity index (χ1) is 8.86. The van der Waals surface area contributed by atoms with Gasteiger partial charge in [0.05, 0.1) is 0 Å². The van der Waals surface area contributed by atoms with Gasteiger partial charge in [0, 0.05) is 30.1 Å². The smallest absolute Gasteiger partial charge is 0.140 e. The molecule has 0 aliphatic heterocycles. The lowest BCUT2D eigenvalue weighted by atomic mass is 9.88. The number of rotatable bonds is 1. The maximum atomic E-state index is 12.2. The standard InChI is InChI=1S/C16H17NO/c18-16-8-3-1-2-6-15(16)14-7-4-5-12-11-17-10-9-13(12)14/h4-5,7,9-11,15H,1-3,6,8H2. The third-order valence-corrected chi connectivity index (χ3v) is 3.89. The van der Waals surface area contributed by atoms with E-state index in [0.717, 1.165) is 31.1 Å². The van der Waals surface area contributed by atoms with Crippen molar-refractivity contribution in [1.82, 2.24) is 4.98 Å². The van der Waals surface area contributed by atoms with Crippen LogP contribution >= 0.6 is 0 Å². The van der Waals surface area contributed by atoms with Crippen LogP contribution in [-0.2, 0) is 4.79 Å². The lowest BCUT2D eigenvalue weighted by Crippen LogP contribution is -2.10. The first kappa shape index (κ1) is 11.4. The van der Waals surface area contributed by atoms with Crippen LogP contribution < -0.4 is 0 Å². The van der Waals surface area contributed by atoms with Crippen molar-refractivity contribution >= 4 is 16.6 Å². The van der Waals surface area contributed by atoms with Crippen molar-refractivity contribution in [3.05, 3.63) is 42.2 Å². The molecule has 1 aliphatic carbocycles. The van der Waals surface area contributed by atoms with Gasteiger partial charge in [-0.15, -0.1) is 0 Å². The summed E-state index contributed by atoms with van der Waals surface area (Å²) in [6.07, 6.45) is 8.84. The minimum atomic E-state index is 0.0959. The highest BCUT2D eigenvalue weighted by molar-refractivity contribution is 5.93. The van der Waals surface area contributed by atoms with E-state index in [2.05, 4.69) is 17.1 Å². The van der Waals surface area contributed by atoms with Crippen molar-refractivity contribution in [2.75, 3.05) is 0 Å². The normalized spacial score (nSPS) is 20.9. The number of aromatic nitrogens is 1. The Balaban J connectivity index is 2.10. The van der Waals surface area contributed by atoms with Crippen molar-refractivity contribution in [2.45, 2.75) is 38.0 Å². The minimum Gasteiger partial charge on any atom is -0.299 e. The van der Waals surface area contributed by atoms with E-state index in [-0.39, 0.29) is 5.92 Å². The Labute approximate surface area is 107 Å². The monoisotopic (exact) mass is 239 g/mol. The van der Waals surface area contributed by atoms with Gasteiger partial charge >= 0.3 is 0 Å². The topological polar surface area (TPSA) is 30.0 Å². The fourth-order valence-corrected chi connectivity index (χ4v) is 2.94. The van der Waals surface area contributed by atoms with E-state index in [1.807, 2.05) is 24.5 Å². The number of Topliss-reactive ketones (excluding diaryl/α,β-unsaturated/α-hetero) is 1. The van der Waals surface area contributed by atoms with Crippen LogP contribution in [0, 0.1) is 0 Å². The molecule has 0 N–H and O–H groups in total. The van der Waals surface area contributed by atoms with E-state index < -0.39 is 0 Å². The molecule has 0 spiro atoms. The van der Waals surface area contributed by atoms with E-state index in [4.69, 9.17) is 0 Å². The van der Waals surface area contributed by atoms with E-state index in [0.29, 0.717) is 5.78 Å². The molecule has 1 aliphatic rings. The molecule has 1 aromatic carbocycles. The second kappa shape index (κ2) is 4.89. The molecule has 1 aromatic heterocycles. The van der Waals surface area contributed by atoms with Crippen molar-refractivity contribution < 1.29 is 4.79 Å². The van der Waals surface area contributed by atoms with Crippen molar-refractivity contribution in [2.24, 2.45) is 0 Å². The molecule has 2 nitrogen and oxygen atoms in total. The van der Waals surface area contributed by atoms with Crippen LogP contribution in [-0.4, -0.2) is 10.8 Å². The highest BCUT2D eigenvalue weighted by Gasteiger charge is 2.23. The van der Waals surface area contributed by atoms with Gasteiger partial charge in [0.2, 0.25) is 0 Å². The SMILES string of the molecule is O=C1CCCCCC1c1cccc2cnccc12. The zero-order chi connectivity index (χ0) is 12.4. The molecule has 0 radical (unpaired) electrons. The van der Waals surface area contributed by atoms with Gasteiger partial charge in [-0.1, -0.05) is 31.0 Å². The Kier molecular flexibility index (Phi) is 3.09. The number of nitrogens with zero attached hydrogens (tertiary/aromatic N) is 1. The van der Waals surface area contributed by atoms with E-state index >= 15 is 0 Å². The average molecular weight is 239 g/mol. The number of pyridine rings is 1. The van der Waals surface area contributed by atoms with Gasteiger partial charge < -0.3 is 0 Å². The van der Waals surface area contributed by atoms with E-state index in [1.54, 1.807) is 0 Å². The number of ketones is 1. The summed E-state index contributed by atoms with van der Waals surface area (Å²) in [5.74, 6) is 0.510. The van der Waals surface area contributed by atoms with Gasteiger partial charge in [0.1, 0.15) is 5.78 Å². The summed E-state index contributed by atoms with van der Waals surface area (Å²) in [5.41, 5.74) is 1.20. The molecule has 2 heteroatoms. The minimum absolute atomic E-state index is 0.0959. The summed E-state index contributed by atoms with van der Waals surface area (Å²) in [6.45, 7) is 0. The zero-order valence-corrected chi connectivity index (χ0v) is 10.4. The molecule has 1 saturated carbocycles. The Morgan fingerprint density at radius 3 is 3.00 bits per heavy atom. The summed E-state index contributed by atoms with van der Waals surface area (Å²) in [4.78, 5) is 16.4. The van der Waals surface area contributed by atoms with Gasteiger partial charge in [-0.25, -0.2) is 0 Å². The highest BCUT2D eigenvalue weighted by Crippen LogP contribution is 2.33. The molecule has 1 atom stereocenters. The van der Waals surface area contributed by atoms with Gasteiger partial charge in [0.25, 0.3) is 0 Å². The lowest BCUT2D eigenvalue weighted by Gasteiger charge is -2.15.